The number of aryl methyl sites for hydroxylation is 1. The van der Waals surface area contributed by atoms with Gasteiger partial charge in [-0.15, -0.1) is 0 Å². The number of hydrogen-bond acceptors (Lipinski definition) is 2. The number of hydrogen-bond donors (Lipinski definition) is 2. The second-order valence-corrected chi connectivity index (χ2v) is 4.28. The Morgan fingerprint density at radius 2 is 2.29 bits per heavy atom. The van der Waals surface area contributed by atoms with E-state index in [0.29, 0.717) is 6.04 Å². The standard InChI is InChI=1S/C11H18N2O/c1-8(12-10-3-4-10)11(14)9-5-6-13(2)7-9/h5-8,10-12,14H,3-4H2,1-2H3. The summed E-state index contributed by atoms with van der Waals surface area (Å²) < 4.78 is 1.96. The van der Waals surface area contributed by atoms with Gasteiger partial charge in [0.05, 0.1) is 6.10 Å². The van der Waals surface area contributed by atoms with Crippen LogP contribution < -0.4 is 5.32 Å². The van der Waals surface area contributed by atoms with E-state index in [1.165, 1.54) is 12.8 Å². The van der Waals surface area contributed by atoms with Crippen LogP contribution in [0.2, 0.25) is 0 Å². The van der Waals surface area contributed by atoms with Crippen LogP contribution in [0.3, 0.4) is 0 Å². The van der Waals surface area contributed by atoms with Gasteiger partial charge in [0, 0.05) is 31.5 Å². The summed E-state index contributed by atoms with van der Waals surface area (Å²) in [6.45, 7) is 2.04. The molecule has 1 heterocycles. The average molecular weight is 194 g/mol. The molecule has 1 aliphatic carbocycles. The topological polar surface area (TPSA) is 37.2 Å². The monoisotopic (exact) mass is 194 g/mol. The fourth-order valence-corrected chi connectivity index (χ4v) is 1.70. The van der Waals surface area contributed by atoms with E-state index in [0.717, 1.165) is 5.56 Å². The molecule has 0 amide bonds. The average Bonchev–Trinajstić information content (AvgIpc) is 2.85. The molecule has 2 rings (SSSR count). The minimum atomic E-state index is -0.392. The molecule has 0 bridgehead atoms. The molecule has 2 N–H and O–H groups in total. The van der Waals surface area contributed by atoms with Crippen LogP contribution in [0.15, 0.2) is 18.5 Å². The first-order valence-corrected chi connectivity index (χ1v) is 5.23. The van der Waals surface area contributed by atoms with Crippen molar-refractivity contribution in [1.82, 2.24) is 9.88 Å². The summed E-state index contributed by atoms with van der Waals surface area (Å²) in [7, 11) is 1.97. The molecule has 0 radical (unpaired) electrons. The van der Waals surface area contributed by atoms with Crippen molar-refractivity contribution in [2.24, 2.45) is 7.05 Å². The minimum absolute atomic E-state index is 0.143. The normalized spacial score (nSPS) is 20.8. The first-order chi connectivity index (χ1) is 6.66. The summed E-state index contributed by atoms with van der Waals surface area (Å²) in [6.07, 6.45) is 6.05. The highest BCUT2D eigenvalue weighted by Crippen LogP contribution is 2.23. The molecule has 0 saturated heterocycles. The van der Waals surface area contributed by atoms with E-state index < -0.39 is 6.10 Å². The zero-order valence-corrected chi connectivity index (χ0v) is 8.77. The van der Waals surface area contributed by atoms with Crippen LogP contribution in [-0.2, 0) is 7.05 Å². The van der Waals surface area contributed by atoms with Gasteiger partial charge < -0.3 is 15.0 Å². The van der Waals surface area contributed by atoms with Gasteiger partial charge in [0.1, 0.15) is 0 Å². The number of aliphatic hydroxyl groups excluding tert-OH is 1. The molecule has 14 heavy (non-hydrogen) atoms. The van der Waals surface area contributed by atoms with E-state index in [4.69, 9.17) is 0 Å². The van der Waals surface area contributed by atoms with E-state index >= 15 is 0 Å². The molecule has 2 unspecified atom stereocenters. The van der Waals surface area contributed by atoms with Crippen LogP contribution in [0.4, 0.5) is 0 Å². The van der Waals surface area contributed by atoms with Gasteiger partial charge in [-0.25, -0.2) is 0 Å². The highest BCUT2D eigenvalue weighted by atomic mass is 16.3. The number of nitrogens with one attached hydrogen (secondary N) is 1. The van der Waals surface area contributed by atoms with Gasteiger partial charge in [0.2, 0.25) is 0 Å². The molecule has 2 atom stereocenters. The fourth-order valence-electron chi connectivity index (χ4n) is 1.70. The number of rotatable bonds is 4. The molecule has 1 fully saturated rings. The van der Waals surface area contributed by atoms with Crippen molar-refractivity contribution in [3.63, 3.8) is 0 Å². The number of aliphatic hydroxyl groups is 1. The predicted octanol–water partition coefficient (Wildman–Crippen LogP) is 1.20. The van der Waals surface area contributed by atoms with Crippen LogP contribution in [0.5, 0.6) is 0 Å². The lowest BCUT2D eigenvalue weighted by molar-refractivity contribution is 0.135. The Morgan fingerprint density at radius 3 is 2.79 bits per heavy atom. The summed E-state index contributed by atoms with van der Waals surface area (Å²) in [5.74, 6) is 0. The molecular weight excluding hydrogens is 176 g/mol. The molecule has 1 aromatic heterocycles. The second kappa shape index (κ2) is 3.75. The van der Waals surface area contributed by atoms with Crippen molar-refractivity contribution >= 4 is 0 Å². The van der Waals surface area contributed by atoms with Gasteiger partial charge in [0.25, 0.3) is 0 Å². The summed E-state index contributed by atoms with van der Waals surface area (Å²) in [5.41, 5.74) is 0.994. The van der Waals surface area contributed by atoms with E-state index in [2.05, 4.69) is 5.32 Å². The molecule has 1 saturated carbocycles. The fraction of sp³-hybridized carbons (Fsp3) is 0.636. The summed E-state index contributed by atoms with van der Waals surface area (Å²) in [5, 5.41) is 13.4. The van der Waals surface area contributed by atoms with Crippen LogP contribution >= 0.6 is 0 Å². The number of nitrogens with zero attached hydrogens (tertiary/aromatic N) is 1. The lowest BCUT2D eigenvalue weighted by atomic mass is 10.1. The van der Waals surface area contributed by atoms with Gasteiger partial charge >= 0.3 is 0 Å². The quantitative estimate of drug-likeness (QED) is 0.755. The Bertz CT molecular complexity index is 304. The van der Waals surface area contributed by atoms with E-state index in [1.54, 1.807) is 0 Å². The zero-order chi connectivity index (χ0) is 10.1. The Morgan fingerprint density at radius 1 is 1.57 bits per heavy atom. The number of aromatic nitrogens is 1. The minimum Gasteiger partial charge on any atom is -0.387 e. The zero-order valence-electron chi connectivity index (χ0n) is 8.77. The van der Waals surface area contributed by atoms with Gasteiger partial charge in [-0.05, 0) is 31.4 Å². The third kappa shape index (κ3) is 2.16. The molecule has 1 aromatic rings. The van der Waals surface area contributed by atoms with Crippen LogP contribution in [0.25, 0.3) is 0 Å². The van der Waals surface area contributed by atoms with Crippen molar-refractivity contribution in [2.45, 2.75) is 38.0 Å². The maximum absolute atomic E-state index is 10.0. The molecule has 78 valence electrons. The Balaban J connectivity index is 1.95. The largest absolute Gasteiger partial charge is 0.387 e. The summed E-state index contributed by atoms with van der Waals surface area (Å²) >= 11 is 0. The Labute approximate surface area is 84.7 Å². The third-order valence-electron chi connectivity index (χ3n) is 2.75. The lowest BCUT2D eigenvalue weighted by Crippen LogP contribution is -2.33. The molecule has 1 aliphatic rings. The van der Waals surface area contributed by atoms with E-state index in [-0.39, 0.29) is 6.04 Å². The lowest BCUT2D eigenvalue weighted by Gasteiger charge is -2.19. The highest BCUT2D eigenvalue weighted by molar-refractivity contribution is 5.15. The maximum Gasteiger partial charge on any atom is 0.0954 e. The molecule has 0 aromatic carbocycles. The second-order valence-electron chi connectivity index (χ2n) is 4.28. The molecule has 0 spiro atoms. The predicted molar refractivity (Wildman–Crippen MR) is 56.0 cm³/mol. The SMILES string of the molecule is CC(NC1CC1)C(O)c1ccn(C)c1. The smallest absolute Gasteiger partial charge is 0.0954 e. The van der Waals surface area contributed by atoms with Gasteiger partial charge in [-0.1, -0.05) is 0 Å². The van der Waals surface area contributed by atoms with Gasteiger partial charge in [-0.2, -0.15) is 0 Å². The van der Waals surface area contributed by atoms with E-state index in [9.17, 15) is 5.11 Å². The van der Waals surface area contributed by atoms with Crippen LogP contribution in [0, 0.1) is 0 Å². The first-order valence-electron chi connectivity index (χ1n) is 5.23. The Kier molecular flexibility index (Phi) is 2.61. The van der Waals surface area contributed by atoms with Gasteiger partial charge in [0.15, 0.2) is 0 Å². The maximum atomic E-state index is 10.0. The van der Waals surface area contributed by atoms with Gasteiger partial charge in [-0.3, -0.25) is 0 Å². The van der Waals surface area contributed by atoms with Crippen molar-refractivity contribution < 1.29 is 5.11 Å². The van der Waals surface area contributed by atoms with Crippen LogP contribution in [0.1, 0.15) is 31.4 Å². The highest BCUT2D eigenvalue weighted by Gasteiger charge is 2.26. The van der Waals surface area contributed by atoms with Crippen LogP contribution in [-0.4, -0.2) is 21.8 Å². The third-order valence-corrected chi connectivity index (χ3v) is 2.75. The molecule has 3 heteroatoms. The van der Waals surface area contributed by atoms with Crippen molar-refractivity contribution in [1.29, 1.82) is 0 Å². The molecular formula is C11H18N2O. The van der Waals surface area contributed by atoms with Crippen molar-refractivity contribution in [3.05, 3.63) is 24.0 Å². The summed E-state index contributed by atoms with van der Waals surface area (Å²) in [4.78, 5) is 0. The van der Waals surface area contributed by atoms with Crippen molar-refractivity contribution in [3.8, 4) is 0 Å². The summed E-state index contributed by atoms with van der Waals surface area (Å²) in [6, 6.07) is 2.75. The molecule has 3 nitrogen and oxygen atoms in total. The van der Waals surface area contributed by atoms with Crippen molar-refractivity contribution in [2.75, 3.05) is 0 Å². The Hall–Kier alpha value is -0.800. The molecule has 0 aliphatic heterocycles. The van der Waals surface area contributed by atoms with E-state index in [1.807, 2.05) is 37.0 Å². The first kappa shape index (κ1) is 9.74.